The van der Waals surface area contributed by atoms with Crippen LogP contribution in [0.5, 0.6) is 0 Å². The van der Waals surface area contributed by atoms with Crippen molar-refractivity contribution in [3.05, 3.63) is 53.9 Å². The summed E-state index contributed by atoms with van der Waals surface area (Å²) in [4.78, 5) is 49.0. The van der Waals surface area contributed by atoms with Crippen LogP contribution in [0.2, 0.25) is 0 Å². The third-order valence-corrected chi connectivity index (χ3v) is 9.10. The molecule has 40 heavy (non-hydrogen) atoms. The van der Waals surface area contributed by atoms with E-state index in [4.69, 9.17) is 4.42 Å². The second-order valence-corrected chi connectivity index (χ2v) is 13.4. The van der Waals surface area contributed by atoms with Crippen LogP contribution in [0.4, 0.5) is 15.6 Å². The lowest BCUT2D eigenvalue weighted by Gasteiger charge is -2.31. The molecule has 2 saturated heterocycles. The summed E-state index contributed by atoms with van der Waals surface area (Å²) in [6, 6.07) is 7.49. The van der Waals surface area contributed by atoms with Crippen LogP contribution < -0.4 is 15.5 Å². The molecule has 0 bridgehead atoms. The summed E-state index contributed by atoms with van der Waals surface area (Å²) in [5, 5.41) is 5.97. The van der Waals surface area contributed by atoms with Crippen LogP contribution in [0.15, 0.2) is 45.3 Å². The highest BCUT2D eigenvalue weighted by atomic mass is 32.2. The molecular weight excluding hydrogens is 548 g/mol. The molecule has 5 rings (SSSR count). The van der Waals surface area contributed by atoms with Gasteiger partial charge in [-0.25, -0.2) is 14.8 Å². The van der Waals surface area contributed by atoms with Gasteiger partial charge in [0.25, 0.3) is 0 Å². The molecule has 2 N–H and O–H groups in total. The second kappa shape index (κ2) is 12.1. The largest absolute Gasteiger partial charge is 0.444 e. The normalized spacial score (nSPS) is 17.2. The van der Waals surface area contributed by atoms with Crippen LogP contribution in [0.1, 0.15) is 57.2 Å². The standard InChI is InChI=1S/C28H34N6O4S2/c1-28(2,3)21-14-29-23(38-21)17-39-24-15-30-26(40-24)32-25(36)19-8-11-33(12-9-19)16-18-4-6-20(7-5-18)34-13-10-22(35)31-27(34)37/h4-7,14-15,19H,8-13,16-17H2,1-3H3,(H,30,32,36)(H,31,35,37). The van der Waals surface area contributed by atoms with Gasteiger partial charge in [-0.05, 0) is 43.6 Å². The van der Waals surface area contributed by atoms with E-state index in [1.54, 1.807) is 29.1 Å². The molecule has 10 nitrogen and oxygen atoms in total. The van der Waals surface area contributed by atoms with E-state index in [1.807, 2.05) is 24.3 Å². The fourth-order valence-corrected chi connectivity index (χ4v) is 6.38. The Bertz CT molecular complexity index is 1360. The molecule has 0 aliphatic carbocycles. The van der Waals surface area contributed by atoms with Crippen molar-refractivity contribution in [3.8, 4) is 0 Å². The zero-order chi connectivity index (χ0) is 28.3. The quantitative estimate of drug-likeness (QED) is 0.356. The van der Waals surface area contributed by atoms with Crippen LogP contribution in [0, 0.1) is 5.92 Å². The lowest BCUT2D eigenvalue weighted by molar-refractivity contribution is -0.121. The maximum absolute atomic E-state index is 12.9. The topological polar surface area (TPSA) is 121 Å². The van der Waals surface area contributed by atoms with E-state index < -0.39 is 0 Å². The van der Waals surface area contributed by atoms with Crippen molar-refractivity contribution in [1.29, 1.82) is 0 Å². The number of hydrogen-bond donors (Lipinski definition) is 2. The number of aromatic nitrogens is 2. The van der Waals surface area contributed by atoms with Gasteiger partial charge in [0.15, 0.2) is 5.13 Å². The van der Waals surface area contributed by atoms with Gasteiger partial charge in [0, 0.05) is 36.5 Å². The number of oxazole rings is 1. The number of imide groups is 1. The Labute approximate surface area is 241 Å². The first-order valence-electron chi connectivity index (χ1n) is 13.4. The lowest BCUT2D eigenvalue weighted by atomic mass is 9.94. The predicted octanol–water partition coefficient (Wildman–Crippen LogP) is 5.02. The van der Waals surface area contributed by atoms with Gasteiger partial charge in [0.1, 0.15) is 5.76 Å². The number of carbonyl (C=O) groups is 3. The van der Waals surface area contributed by atoms with Crippen molar-refractivity contribution in [2.24, 2.45) is 5.92 Å². The van der Waals surface area contributed by atoms with Crippen molar-refractivity contribution in [2.75, 3.05) is 29.9 Å². The molecule has 4 amide bonds. The smallest absolute Gasteiger partial charge is 0.328 e. The summed E-state index contributed by atoms with van der Waals surface area (Å²) >= 11 is 3.06. The molecule has 0 unspecified atom stereocenters. The predicted molar refractivity (Wildman–Crippen MR) is 155 cm³/mol. The van der Waals surface area contributed by atoms with Crippen LogP contribution in [-0.4, -0.2) is 52.3 Å². The van der Waals surface area contributed by atoms with E-state index in [2.05, 4.69) is 46.3 Å². The zero-order valence-electron chi connectivity index (χ0n) is 22.9. The van der Waals surface area contributed by atoms with Crippen molar-refractivity contribution >= 4 is 51.8 Å². The Balaban J connectivity index is 1.05. The molecule has 3 aromatic rings. The molecule has 4 heterocycles. The Morgan fingerprint density at radius 3 is 2.55 bits per heavy atom. The first kappa shape index (κ1) is 28.3. The summed E-state index contributed by atoms with van der Waals surface area (Å²) in [5.41, 5.74) is 1.85. The van der Waals surface area contributed by atoms with Gasteiger partial charge in [0.05, 0.1) is 22.4 Å². The monoisotopic (exact) mass is 582 g/mol. The van der Waals surface area contributed by atoms with Crippen molar-refractivity contribution in [3.63, 3.8) is 0 Å². The number of benzene rings is 1. The molecule has 0 radical (unpaired) electrons. The number of piperidine rings is 1. The highest BCUT2D eigenvalue weighted by Crippen LogP contribution is 2.32. The van der Waals surface area contributed by atoms with E-state index in [9.17, 15) is 14.4 Å². The highest BCUT2D eigenvalue weighted by molar-refractivity contribution is 8.00. The fraction of sp³-hybridized carbons (Fsp3) is 0.464. The number of carbonyl (C=O) groups excluding carboxylic acids is 3. The summed E-state index contributed by atoms with van der Waals surface area (Å²) < 4.78 is 6.86. The van der Waals surface area contributed by atoms with Crippen LogP contribution in [0.3, 0.4) is 0 Å². The van der Waals surface area contributed by atoms with Gasteiger partial charge in [-0.1, -0.05) is 44.2 Å². The number of hydrogen-bond acceptors (Lipinski definition) is 9. The minimum Gasteiger partial charge on any atom is -0.444 e. The minimum atomic E-state index is -0.377. The number of amides is 4. The van der Waals surface area contributed by atoms with Crippen molar-refractivity contribution < 1.29 is 18.8 Å². The van der Waals surface area contributed by atoms with Crippen molar-refractivity contribution in [2.45, 2.75) is 62.0 Å². The van der Waals surface area contributed by atoms with Crippen LogP contribution >= 0.6 is 23.1 Å². The van der Waals surface area contributed by atoms with Crippen LogP contribution in [0.25, 0.3) is 0 Å². The average Bonchev–Trinajstić information content (AvgIpc) is 3.58. The number of thioether (sulfide) groups is 1. The van der Waals surface area contributed by atoms with Gasteiger partial charge in [-0.2, -0.15) is 0 Å². The lowest BCUT2D eigenvalue weighted by Crippen LogP contribution is -2.49. The Morgan fingerprint density at radius 2 is 1.88 bits per heavy atom. The van der Waals surface area contributed by atoms with Crippen molar-refractivity contribution in [1.82, 2.24) is 20.2 Å². The molecule has 2 aliphatic rings. The number of thiazole rings is 1. The maximum atomic E-state index is 12.9. The molecule has 212 valence electrons. The van der Waals surface area contributed by atoms with Gasteiger partial charge >= 0.3 is 6.03 Å². The number of nitrogens with zero attached hydrogens (tertiary/aromatic N) is 4. The molecule has 1 aromatic carbocycles. The molecule has 2 aliphatic heterocycles. The van der Waals surface area contributed by atoms with E-state index in [1.165, 1.54) is 11.3 Å². The zero-order valence-corrected chi connectivity index (χ0v) is 24.6. The average molecular weight is 583 g/mol. The van der Waals surface area contributed by atoms with E-state index in [0.29, 0.717) is 29.7 Å². The minimum absolute atomic E-state index is 0.0238. The first-order valence-corrected chi connectivity index (χ1v) is 15.2. The van der Waals surface area contributed by atoms with Crippen LogP contribution in [-0.2, 0) is 27.3 Å². The number of nitrogens with one attached hydrogen (secondary N) is 2. The summed E-state index contributed by atoms with van der Waals surface area (Å²) in [7, 11) is 0. The van der Waals surface area contributed by atoms with E-state index >= 15 is 0 Å². The third-order valence-electron chi connectivity index (χ3n) is 7.01. The van der Waals surface area contributed by atoms with E-state index in [-0.39, 0.29) is 29.2 Å². The van der Waals surface area contributed by atoms with Gasteiger partial charge < -0.3 is 9.73 Å². The SMILES string of the molecule is CC(C)(C)c1cnc(CSc2cnc(NC(=O)C3CCN(Cc4ccc(N5CCC(=O)NC5=O)cc4)CC3)s2)o1. The number of urea groups is 1. The molecule has 2 fully saturated rings. The van der Waals surface area contributed by atoms with Gasteiger partial charge in [0.2, 0.25) is 17.7 Å². The first-order chi connectivity index (χ1) is 19.1. The maximum Gasteiger partial charge on any atom is 0.328 e. The second-order valence-electron chi connectivity index (χ2n) is 11.1. The molecule has 0 saturated carbocycles. The Kier molecular flexibility index (Phi) is 8.57. The molecule has 0 atom stereocenters. The Hall–Kier alpha value is -3.22. The third kappa shape index (κ3) is 7.10. The Morgan fingerprint density at radius 1 is 1.12 bits per heavy atom. The summed E-state index contributed by atoms with van der Waals surface area (Å²) in [5.74, 6) is 1.91. The number of anilines is 2. The van der Waals surface area contributed by atoms with Gasteiger partial charge in [-0.15, -0.1) is 11.8 Å². The summed E-state index contributed by atoms with van der Waals surface area (Å²) in [6.45, 7) is 9.13. The molecule has 12 heteroatoms. The highest BCUT2D eigenvalue weighted by Gasteiger charge is 2.27. The number of likely N-dealkylation sites (tertiary alicyclic amines) is 1. The molecule has 2 aromatic heterocycles. The molecular formula is C28H34N6O4S2. The van der Waals surface area contributed by atoms with E-state index in [0.717, 1.165) is 53.7 Å². The number of rotatable bonds is 8. The van der Waals surface area contributed by atoms with Gasteiger partial charge in [-0.3, -0.25) is 24.7 Å². The summed E-state index contributed by atoms with van der Waals surface area (Å²) in [6.07, 6.45) is 5.46. The molecule has 0 spiro atoms. The fourth-order valence-electron chi connectivity index (χ4n) is 4.65.